The summed E-state index contributed by atoms with van der Waals surface area (Å²) in [5.41, 5.74) is 1.03. The minimum absolute atomic E-state index is 0.139. The molecule has 0 heterocycles. The van der Waals surface area contributed by atoms with Gasteiger partial charge in [-0.3, -0.25) is 0 Å². The van der Waals surface area contributed by atoms with Crippen molar-refractivity contribution in [2.24, 2.45) is 0 Å². The fourth-order valence-corrected chi connectivity index (χ4v) is 1.78. The maximum Gasteiger partial charge on any atom is 0.127 e. The highest BCUT2D eigenvalue weighted by atomic mass is 19.1. The highest BCUT2D eigenvalue weighted by Gasteiger charge is 2.21. The van der Waals surface area contributed by atoms with Crippen LogP contribution in [0.2, 0.25) is 0 Å². The molecule has 1 aromatic rings. The topological polar surface area (TPSA) is 20.2 Å². The summed E-state index contributed by atoms with van der Waals surface area (Å²) in [5.74, 6) is 0.126. The van der Waals surface area contributed by atoms with Gasteiger partial charge in [0.15, 0.2) is 0 Å². The van der Waals surface area contributed by atoms with Crippen LogP contribution in [-0.2, 0) is 5.41 Å². The zero-order valence-corrected chi connectivity index (χ0v) is 10.8. The van der Waals surface area contributed by atoms with Gasteiger partial charge in [-0.05, 0) is 35.4 Å². The van der Waals surface area contributed by atoms with Crippen LogP contribution in [0.4, 0.5) is 4.39 Å². The maximum absolute atomic E-state index is 13.9. The molecule has 16 heavy (non-hydrogen) atoms. The molecular weight excluding hydrogens is 203 g/mol. The quantitative estimate of drug-likeness (QED) is 0.792. The van der Waals surface area contributed by atoms with E-state index in [9.17, 15) is 9.50 Å². The molecule has 0 saturated carbocycles. The fraction of sp³-hybridized carbons (Fsp3) is 0.571. The number of aromatic hydroxyl groups is 1. The van der Waals surface area contributed by atoms with Gasteiger partial charge < -0.3 is 5.11 Å². The third-order valence-corrected chi connectivity index (χ3v) is 3.07. The van der Waals surface area contributed by atoms with Crippen LogP contribution in [0.25, 0.3) is 0 Å². The van der Waals surface area contributed by atoms with Gasteiger partial charge in [-0.2, -0.15) is 0 Å². The molecule has 1 unspecified atom stereocenters. The Morgan fingerprint density at radius 2 is 1.88 bits per heavy atom. The van der Waals surface area contributed by atoms with Gasteiger partial charge in [-0.15, -0.1) is 0 Å². The second-order valence-corrected chi connectivity index (χ2v) is 5.45. The molecule has 1 aromatic carbocycles. The number of hydrogen-bond donors (Lipinski definition) is 1. The third-order valence-electron chi connectivity index (χ3n) is 3.07. The molecule has 0 bridgehead atoms. The lowest BCUT2D eigenvalue weighted by atomic mass is 9.84. The summed E-state index contributed by atoms with van der Waals surface area (Å²) in [4.78, 5) is 0. The largest absolute Gasteiger partial charge is 0.508 e. The summed E-state index contributed by atoms with van der Waals surface area (Å²) in [5, 5.41) is 9.93. The molecule has 1 atom stereocenters. The van der Waals surface area contributed by atoms with Gasteiger partial charge in [-0.1, -0.05) is 34.6 Å². The lowest BCUT2D eigenvalue weighted by Crippen LogP contribution is -2.12. The number of hydrogen-bond acceptors (Lipinski definition) is 1. The maximum atomic E-state index is 13.9. The SMILES string of the molecule is CCC(C)c1cc(O)c(C(C)(C)C)cc1F. The van der Waals surface area contributed by atoms with Crippen LogP contribution in [0, 0.1) is 5.82 Å². The molecule has 1 nitrogen and oxygen atoms in total. The number of benzene rings is 1. The molecule has 1 N–H and O–H groups in total. The monoisotopic (exact) mass is 224 g/mol. The van der Waals surface area contributed by atoms with Crippen LogP contribution >= 0.6 is 0 Å². The van der Waals surface area contributed by atoms with Crippen molar-refractivity contribution in [3.05, 3.63) is 29.1 Å². The highest BCUT2D eigenvalue weighted by molar-refractivity contribution is 5.42. The number of halogens is 1. The highest BCUT2D eigenvalue weighted by Crippen LogP contribution is 2.35. The minimum atomic E-state index is -0.237. The molecular formula is C14H21FO. The number of phenolic OH excluding ortho intramolecular Hbond substituents is 1. The normalized spacial score (nSPS) is 13.9. The van der Waals surface area contributed by atoms with E-state index < -0.39 is 0 Å². The van der Waals surface area contributed by atoms with Crippen LogP contribution < -0.4 is 0 Å². The molecule has 0 fully saturated rings. The zero-order chi connectivity index (χ0) is 12.5. The summed E-state index contributed by atoms with van der Waals surface area (Å²) in [6.45, 7) is 9.87. The molecule has 90 valence electrons. The van der Waals surface area contributed by atoms with Crippen LogP contribution in [0.1, 0.15) is 58.1 Å². The average Bonchev–Trinajstić information content (AvgIpc) is 2.18. The van der Waals surface area contributed by atoms with E-state index in [0.717, 1.165) is 6.42 Å². The van der Waals surface area contributed by atoms with Crippen molar-refractivity contribution in [3.63, 3.8) is 0 Å². The Morgan fingerprint density at radius 3 is 2.31 bits per heavy atom. The molecule has 0 saturated heterocycles. The molecule has 1 rings (SSSR count). The molecule has 0 amide bonds. The van der Waals surface area contributed by atoms with Crippen molar-refractivity contribution >= 4 is 0 Å². The second kappa shape index (κ2) is 4.44. The standard InChI is InChI=1S/C14H21FO/c1-6-9(2)10-7-13(16)11(8-12(10)15)14(3,4)5/h7-9,16H,6H2,1-5H3. The van der Waals surface area contributed by atoms with Crippen LogP contribution in [0.5, 0.6) is 5.75 Å². The van der Waals surface area contributed by atoms with Crippen molar-refractivity contribution < 1.29 is 9.50 Å². The van der Waals surface area contributed by atoms with Gasteiger partial charge in [0, 0.05) is 5.56 Å². The summed E-state index contributed by atoms with van der Waals surface area (Å²) >= 11 is 0. The van der Waals surface area contributed by atoms with E-state index in [4.69, 9.17) is 0 Å². The molecule has 0 aliphatic rings. The van der Waals surface area contributed by atoms with E-state index in [0.29, 0.717) is 11.1 Å². The van der Waals surface area contributed by atoms with Crippen LogP contribution in [0.15, 0.2) is 12.1 Å². The minimum Gasteiger partial charge on any atom is -0.508 e. The molecule has 0 aliphatic carbocycles. The summed E-state index contributed by atoms with van der Waals surface area (Å²) in [6, 6.07) is 3.04. The van der Waals surface area contributed by atoms with Crippen LogP contribution in [0.3, 0.4) is 0 Å². The van der Waals surface area contributed by atoms with E-state index >= 15 is 0 Å². The second-order valence-electron chi connectivity index (χ2n) is 5.45. The van der Waals surface area contributed by atoms with Crippen molar-refractivity contribution in [1.82, 2.24) is 0 Å². The Bertz CT molecular complexity index is 377. The van der Waals surface area contributed by atoms with Gasteiger partial charge in [0.05, 0.1) is 0 Å². The lowest BCUT2D eigenvalue weighted by molar-refractivity contribution is 0.439. The summed E-state index contributed by atoms with van der Waals surface area (Å²) in [6.07, 6.45) is 0.866. The molecule has 0 radical (unpaired) electrons. The number of phenols is 1. The van der Waals surface area contributed by atoms with E-state index in [-0.39, 0.29) is 22.9 Å². The van der Waals surface area contributed by atoms with Gasteiger partial charge in [0.2, 0.25) is 0 Å². The van der Waals surface area contributed by atoms with Gasteiger partial charge in [0.1, 0.15) is 11.6 Å². The van der Waals surface area contributed by atoms with Gasteiger partial charge >= 0.3 is 0 Å². The van der Waals surface area contributed by atoms with Gasteiger partial charge in [0.25, 0.3) is 0 Å². The van der Waals surface area contributed by atoms with E-state index in [1.807, 2.05) is 34.6 Å². The average molecular weight is 224 g/mol. The Morgan fingerprint density at radius 1 is 1.31 bits per heavy atom. The third kappa shape index (κ3) is 2.55. The van der Waals surface area contributed by atoms with Crippen molar-refractivity contribution in [2.45, 2.75) is 52.4 Å². The molecule has 2 heteroatoms. The predicted octanol–water partition coefficient (Wildman–Crippen LogP) is 4.34. The first-order chi connectivity index (χ1) is 7.27. The molecule has 0 aromatic heterocycles. The van der Waals surface area contributed by atoms with Crippen molar-refractivity contribution in [2.75, 3.05) is 0 Å². The van der Waals surface area contributed by atoms with Crippen molar-refractivity contribution in [1.29, 1.82) is 0 Å². The Balaban J connectivity index is 3.28. The Kier molecular flexibility index (Phi) is 3.61. The smallest absolute Gasteiger partial charge is 0.127 e. The fourth-order valence-electron chi connectivity index (χ4n) is 1.78. The lowest BCUT2D eigenvalue weighted by Gasteiger charge is -2.22. The molecule has 0 spiro atoms. The van der Waals surface area contributed by atoms with Crippen molar-refractivity contribution in [3.8, 4) is 5.75 Å². The first-order valence-corrected chi connectivity index (χ1v) is 5.80. The predicted molar refractivity (Wildman–Crippen MR) is 65.5 cm³/mol. The number of rotatable bonds is 2. The van der Waals surface area contributed by atoms with E-state index in [1.165, 1.54) is 6.07 Å². The van der Waals surface area contributed by atoms with E-state index in [1.54, 1.807) is 6.07 Å². The zero-order valence-electron chi connectivity index (χ0n) is 10.8. The van der Waals surface area contributed by atoms with Gasteiger partial charge in [-0.25, -0.2) is 4.39 Å². The first-order valence-electron chi connectivity index (χ1n) is 5.80. The van der Waals surface area contributed by atoms with Crippen LogP contribution in [-0.4, -0.2) is 5.11 Å². The van der Waals surface area contributed by atoms with E-state index in [2.05, 4.69) is 0 Å². The summed E-state index contributed by atoms with van der Waals surface area (Å²) < 4.78 is 13.9. The Labute approximate surface area is 97.3 Å². The Hall–Kier alpha value is -1.05. The molecule has 0 aliphatic heterocycles. The first kappa shape index (κ1) is 13.0. The summed E-state index contributed by atoms with van der Waals surface area (Å²) in [7, 11) is 0.